The van der Waals surface area contributed by atoms with E-state index in [2.05, 4.69) is 43.4 Å². The maximum atomic E-state index is 5.71. The number of hydrogen-bond donors (Lipinski definition) is 1. The second kappa shape index (κ2) is 5.14. The molecule has 1 atom stereocenters. The summed E-state index contributed by atoms with van der Waals surface area (Å²) in [6.45, 7) is 6.93. The van der Waals surface area contributed by atoms with Crippen LogP contribution in [0, 0.1) is 0 Å². The predicted molar refractivity (Wildman–Crippen MR) is 75.7 cm³/mol. The van der Waals surface area contributed by atoms with Crippen molar-refractivity contribution in [2.75, 3.05) is 19.8 Å². The third-order valence-corrected chi connectivity index (χ3v) is 4.25. The zero-order valence-electron chi connectivity index (χ0n) is 11.8. The molecule has 2 heterocycles. The van der Waals surface area contributed by atoms with Gasteiger partial charge in [0, 0.05) is 6.04 Å². The van der Waals surface area contributed by atoms with Gasteiger partial charge in [-0.05, 0) is 50.9 Å². The van der Waals surface area contributed by atoms with Crippen molar-refractivity contribution in [2.45, 2.75) is 44.2 Å². The molecule has 2 saturated heterocycles. The molecule has 19 heavy (non-hydrogen) atoms. The molecular formula is C16H23NO2. The Hall–Kier alpha value is -1.06. The minimum Gasteiger partial charge on any atom is -0.491 e. The number of nitrogens with one attached hydrogen (secondary N) is 1. The van der Waals surface area contributed by atoms with Crippen LogP contribution in [-0.4, -0.2) is 31.9 Å². The third-order valence-electron chi connectivity index (χ3n) is 4.25. The quantitative estimate of drug-likeness (QED) is 0.903. The molecule has 3 heteroatoms. The molecule has 0 aliphatic carbocycles. The first-order chi connectivity index (χ1) is 9.21. The molecule has 1 aromatic rings. The number of benzene rings is 1. The zero-order chi connectivity index (χ0) is 13.3. The summed E-state index contributed by atoms with van der Waals surface area (Å²) in [5.74, 6) is 0.952. The highest BCUT2D eigenvalue weighted by molar-refractivity contribution is 5.36. The van der Waals surface area contributed by atoms with E-state index in [1.807, 2.05) is 0 Å². The van der Waals surface area contributed by atoms with Crippen LogP contribution in [0.25, 0.3) is 0 Å². The molecule has 0 radical (unpaired) electrons. The van der Waals surface area contributed by atoms with Crippen LogP contribution >= 0.6 is 0 Å². The molecule has 104 valence electrons. The Bertz CT molecular complexity index is 417. The molecule has 0 saturated carbocycles. The van der Waals surface area contributed by atoms with Crippen LogP contribution in [0.4, 0.5) is 0 Å². The van der Waals surface area contributed by atoms with Gasteiger partial charge in [0.25, 0.3) is 0 Å². The Morgan fingerprint density at radius 2 is 2.00 bits per heavy atom. The predicted octanol–water partition coefficient (Wildman–Crippen LogP) is 2.49. The monoisotopic (exact) mass is 261 g/mol. The van der Waals surface area contributed by atoms with Gasteiger partial charge in [0.15, 0.2) is 0 Å². The first-order valence-corrected chi connectivity index (χ1v) is 7.29. The second-order valence-corrected chi connectivity index (χ2v) is 5.99. The first-order valence-electron chi connectivity index (χ1n) is 7.29. The van der Waals surface area contributed by atoms with Crippen molar-refractivity contribution in [1.29, 1.82) is 0 Å². The smallest absolute Gasteiger partial charge is 0.119 e. The van der Waals surface area contributed by atoms with Gasteiger partial charge in [0.05, 0.1) is 24.7 Å². The topological polar surface area (TPSA) is 30.5 Å². The number of hydrogen-bond acceptors (Lipinski definition) is 3. The zero-order valence-corrected chi connectivity index (χ0v) is 11.8. The van der Waals surface area contributed by atoms with E-state index in [4.69, 9.17) is 9.47 Å². The normalized spacial score (nSPS) is 25.3. The molecule has 3 nitrogen and oxygen atoms in total. The molecule has 1 N–H and O–H groups in total. The van der Waals surface area contributed by atoms with E-state index in [-0.39, 0.29) is 11.5 Å². The van der Waals surface area contributed by atoms with Crippen molar-refractivity contribution in [3.05, 3.63) is 29.8 Å². The van der Waals surface area contributed by atoms with E-state index in [1.54, 1.807) is 0 Å². The average molecular weight is 261 g/mol. The lowest BCUT2D eigenvalue weighted by Crippen LogP contribution is -2.58. The molecule has 1 unspecified atom stereocenters. The Morgan fingerprint density at radius 1 is 1.26 bits per heavy atom. The molecule has 2 fully saturated rings. The number of ether oxygens (including phenoxy) is 2. The van der Waals surface area contributed by atoms with Crippen LogP contribution < -0.4 is 10.1 Å². The van der Waals surface area contributed by atoms with Crippen LogP contribution in [0.3, 0.4) is 0 Å². The van der Waals surface area contributed by atoms with E-state index in [0.717, 1.165) is 25.5 Å². The standard InChI is InChI=1S/C16H23NO2/c1-12(2)19-14-7-5-13(6-8-14)16(10-18-11-16)15-4-3-9-17-15/h5-8,12,15,17H,3-4,9-11H2,1-2H3. The molecule has 0 aromatic heterocycles. The highest BCUT2D eigenvalue weighted by Crippen LogP contribution is 2.39. The summed E-state index contributed by atoms with van der Waals surface area (Å²) < 4.78 is 11.2. The summed E-state index contributed by atoms with van der Waals surface area (Å²) in [5.41, 5.74) is 1.57. The highest BCUT2D eigenvalue weighted by atomic mass is 16.5. The summed E-state index contributed by atoms with van der Waals surface area (Å²) in [5, 5.41) is 3.63. The second-order valence-electron chi connectivity index (χ2n) is 5.99. The SMILES string of the molecule is CC(C)Oc1ccc(C2(C3CCCN3)COC2)cc1. The van der Waals surface area contributed by atoms with Crippen molar-refractivity contribution >= 4 is 0 Å². The Labute approximate surface area is 115 Å². The lowest BCUT2D eigenvalue weighted by Gasteiger charge is -2.46. The molecule has 1 aromatic carbocycles. The summed E-state index contributed by atoms with van der Waals surface area (Å²) in [6, 6.07) is 9.16. The largest absolute Gasteiger partial charge is 0.491 e. The van der Waals surface area contributed by atoms with Crippen molar-refractivity contribution in [1.82, 2.24) is 5.32 Å². The molecule has 3 rings (SSSR count). The van der Waals surface area contributed by atoms with E-state index in [9.17, 15) is 0 Å². The molecule has 0 bridgehead atoms. The summed E-state index contributed by atoms with van der Waals surface area (Å²) >= 11 is 0. The van der Waals surface area contributed by atoms with E-state index < -0.39 is 0 Å². The fraction of sp³-hybridized carbons (Fsp3) is 0.625. The van der Waals surface area contributed by atoms with Gasteiger partial charge in [-0.25, -0.2) is 0 Å². The van der Waals surface area contributed by atoms with Crippen LogP contribution in [0.15, 0.2) is 24.3 Å². The average Bonchev–Trinajstić information content (AvgIpc) is 2.83. The van der Waals surface area contributed by atoms with Crippen molar-refractivity contribution in [3.8, 4) is 5.75 Å². The minimum atomic E-state index is 0.187. The van der Waals surface area contributed by atoms with E-state index in [1.165, 1.54) is 18.4 Å². The molecule has 2 aliphatic heterocycles. The Morgan fingerprint density at radius 3 is 2.47 bits per heavy atom. The van der Waals surface area contributed by atoms with Gasteiger partial charge in [-0.1, -0.05) is 12.1 Å². The summed E-state index contributed by atoms with van der Waals surface area (Å²) in [6.07, 6.45) is 2.76. The fourth-order valence-corrected chi connectivity index (χ4v) is 3.18. The first kappa shape index (κ1) is 12.9. The maximum Gasteiger partial charge on any atom is 0.119 e. The van der Waals surface area contributed by atoms with Gasteiger partial charge in [-0.2, -0.15) is 0 Å². The lowest BCUT2D eigenvalue weighted by molar-refractivity contribution is -0.0761. The minimum absolute atomic E-state index is 0.187. The van der Waals surface area contributed by atoms with Gasteiger partial charge in [0.1, 0.15) is 5.75 Å². The molecule has 0 spiro atoms. The van der Waals surface area contributed by atoms with E-state index in [0.29, 0.717) is 6.04 Å². The van der Waals surface area contributed by atoms with Crippen LogP contribution in [0.5, 0.6) is 5.75 Å². The molecular weight excluding hydrogens is 238 g/mol. The fourth-order valence-electron chi connectivity index (χ4n) is 3.18. The summed E-state index contributed by atoms with van der Waals surface area (Å²) in [7, 11) is 0. The van der Waals surface area contributed by atoms with Gasteiger partial charge in [0.2, 0.25) is 0 Å². The Kier molecular flexibility index (Phi) is 3.50. The van der Waals surface area contributed by atoms with Crippen molar-refractivity contribution < 1.29 is 9.47 Å². The van der Waals surface area contributed by atoms with Crippen LogP contribution in [0.1, 0.15) is 32.3 Å². The molecule has 0 amide bonds. The van der Waals surface area contributed by atoms with Crippen molar-refractivity contribution in [3.63, 3.8) is 0 Å². The van der Waals surface area contributed by atoms with Gasteiger partial charge in [-0.3, -0.25) is 0 Å². The van der Waals surface area contributed by atoms with Crippen LogP contribution in [-0.2, 0) is 10.2 Å². The lowest BCUT2D eigenvalue weighted by atomic mass is 9.72. The van der Waals surface area contributed by atoms with Gasteiger partial charge >= 0.3 is 0 Å². The van der Waals surface area contributed by atoms with Gasteiger partial charge in [-0.15, -0.1) is 0 Å². The third kappa shape index (κ3) is 2.37. The summed E-state index contributed by atoms with van der Waals surface area (Å²) in [4.78, 5) is 0. The van der Waals surface area contributed by atoms with Crippen molar-refractivity contribution in [2.24, 2.45) is 0 Å². The maximum absolute atomic E-state index is 5.71. The Balaban J connectivity index is 1.79. The van der Waals surface area contributed by atoms with Gasteiger partial charge < -0.3 is 14.8 Å². The molecule has 2 aliphatic rings. The van der Waals surface area contributed by atoms with Crippen LogP contribution in [0.2, 0.25) is 0 Å². The number of rotatable bonds is 4. The van der Waals surface area contributed by atoms with E-state index >= 15 is 0 Å². The highest BCUT2D eigenvalue weighted by Gasteiger charge is 2.47.